The zero-order valence-corrected chi connectivity index (χ0v) is 9.26. The van der Waals surface area contributed by atoms with Crippen LogP contribution in [0.4, 0.5) is 0 Å². The quantitative estimate of drug-likeness (QED) is 0.771. The van der Waals surface area contributed by atoms with Gasteiger partial charge in [-0.25, -0.2) is 0 Å². The molecule has 2 N–H and O–H groups in total. The Morgan fingerprint density at radius 1 is 1.71 bits per heavy atom. The van der Waals surface area contributed by atoms with E-state index in [0.29, 0.717) is 13.0 Å². The molecule has 14 heavy (non-hydrogen) atoms. The predicted molar refractivity (Wildman–Crippen MR) is 57.4 cm³/mol. The van der Waals surface area contributed by atoms with Crippen molar-refractivity contribution in [3.05, 3.63) is 21.9 Å². The molecule has 0 aromatic carbocycles. The lowest BCUT2D eigenvalue weighted by Gasteiger charge is -2.08. The molecule has 78 valence electrons. The summed E-state index contributed by atoms with van der Waals surface area (Å²) in [5.41, 5.74) is 6.89. The number of nitrogens with two attached hydrogens (primary N) is 1. The summed E-state index contributed by atoms with van der Waals surface area (Å²) in [5, 5.41) is 2.05. The third-order valence-corrected chi connectivity index (χ3v) is 2.87. The van der Waals surface area contributed by atoms with Crippen LogP contribution in [0.5, 0.6) is 0 Å². The SMILES string of the molecule is CCOC(=O)[C@@H](N)Cc1cc(C)cs1. The minimum atomic E-state index is -0.534. The summed E-state index contributed by atoms with van der Waals surface area (Å²) in [6, 6.07) is 1.51. The Labute approximate surface area is 87.9 Å². The van der Waals surface area contributed by atoms with Gasteiger partial charge in [-0.15, -0.1) is 11.3 Å². The highest BCUT2D eigenvalue weighted by molar-refractivity contribution is 7.10. The minimum Gasteiger partial charge on any atom is -0.465 e. The summed E-state index contributed by atoms with van der Waals surface area (Å²) < 4.78 is 4.82. The second-order valence-electron chi connectivity index (χ2n) is 3.15. The van der Waals surface area contributed by atoms with E-state index in [9.17, 15) is 4.79 Å². The molecule has 0 saturated carbocycles. The van der Waals surface area contributed by atoms with Crippen molar-refractivity contribution in [1.29, 1.82) is 0 Å². The van der Waals surface area contributed by atoms with Crippen LogP contribution in [0.15, 0.2) is 11.4 Å². The number of esters is 1. The van der Waals surface area contributed by atoms with Crippen LogP contribution in [-0.4, -0.2) is 18.6 Å². The van der Waals surface area contributed by atoms with Gasteiger partial charge in [0.05, 0.1) is 6.61 Å². The Morgan fingerprint density at radius 3 is 2.93 bits per heavy atom. The van der Waals surface area contributed by atoms with E-state index in [2.05, 4.69) is 0 Å². The maximum absolute atomic E-state index is 11.2. The molecule has 0 aliphatic carbocycles. The van der Waals surface area contributed by atoms with Crippen molar-refractivity contribution >= 4 is 17.3 Å². The molecular formula is C10H15NO2S. The number of carbonyl (C=O) groups is 1. The lowest BCUT2D eigenvalue weighted by atomic mass is 10.2. The Bertz CT molecular complexity index is 309. The van der Waals surface area contributed by atoms with E-state index in [1.54, 1.807) is 18.3 Å². The molecule has 1 aromatic rings. The van der Waals surface area contributed by atoms with Crippen molar-refractivity contribution in [2.24, 2.45) is 5.73 Å². The monoisotopic (exact) mass is 213 g/mol. The summed E-state index contributed by atoms with van der Waals surface area (Å²) in [5.74, 6) is -0.321. The molecule has 0 amide bonds. The summed E-state index contributed by atoms with van der Waals surface area (Å²) in [4.78, 5) is 12.3. The van der Waals surface area contributed by atoms with Crippen LogP contribution in [0.2, 0.25) is 0 Å². The fourth-order valence-corrected chi connectivity index (χ4v) is 2.08. The summed E-state index contributed by atoms with van der Waals surface area (Å²) in [6.45, 7) is 4.19. The van der Waals surface area contributed by atoms with Crippen molar-refractivity contribution in [2.75, 3.05) is 6.61 Å². The molecule has 0 spiro atoms. The highest BCUT2D eigenvalue weighted by Crippen LogP contribution is 2.15. The smallest absolute Gasteiger partial charge is 0.323 e. The van der Waals surface area contributed by atoms with Gasteiger partial charge in [0.1, 0.15) is 6.04 Å². The average molecular weight is 213 g/mol. The highest BCUT2D eigenvalue weighted by Gasteiger charge is 2.15. The van der Waals surface area contributed by atoms with Crippen LogP contribution in [0, 0.1) is 6.92 Å². The first kappa shape index (κ1) is 11.2. The third-order valence-electron chi connectivity index (χ3n) is 1.80. The van der Waals surface area contributed by atoms with Gasteiger partial charge in [0.15, 0.2) is 0 Å². The lowest BCUT2D eigenvalue weighted by Crippen LogP contribution is -2.34. The number of ether oxygens (including phenoxy) is 1. The molecule has 1 heterocycles. The lowest BCUT2D eigenvalue weighted by molar-refractivity contribution is -0.144. The third kappa shape index (κ3) is 3.12. The molecule has 0 aliphatic rings. The van der Waals surface area contributed by atoms with E-state index in [1.165, 1.54) is 5.56 Å². The second-order valence-corrected chi connectivity index (χ2v) is 4.15. The molecule has 0 unspecified atom stereocenters. The van der Waals surface area contributed by atoms with E-state index < -0.39 is 6.04 Å². The average Bonchev–Trinajstić information content (AvgIpc) is 2.51. The van der Waals surface area contributed by atoms with Gasteiger partial charge in [0.25, 0.3) is 0 Å². The van der Waals surface area contributed by atoms with E-state index in [0.717, 1.165) is 4.88 Å². The van der Waals surface area contributed by atoms with Gasteiger partial charge in [-0.1, -0.05) is 0 Å². The van der Waals surface area contributed by atoms with Crippen LogP contribution in [0.3, 0.4) is 0 Å². The van der Waals surface area contributed by atoms with Gasteiger partial charge in [0.2, 0.25) is 0 Å². The van der Waals surface area contributed by atoms with Gasteiger partial charge < -0.3 is 10.5 Å². The molecule has 1 atom stereocenters. The Hall–Kier alpha value is -0.870. The largest absolute Gasteiger partial charge is 0.465 e. The maximum Gasteiger partial charge on any atom is 0.323 e. The fourth-order valence-electron chi connectivity index (χ4n) is 1.15. The number of hydrogen-bond donors (Lipinski definition) is 1. The first-order valence-electron chi connectivity index (χ1n) is 4.59. The second kappa shape index (κ2) is 5.12. The van der Waals surface area contributed by atoms with Gasteiger partial charge in [-0.05, 0) is 30.9 Å². The van der Waals surface area contributed by atoms with Crippen molar-refractivity contribution in [3.63, 3.8) is 0 Å². The number of aryl methyl sites for hydroxylation is 1. The van der Waals surface area contributed by atoms with Crippen molar-refractivity contribution in [2.45, 2.75) is 26.3 Å². The van der Waals surface area contributed by atoms with Crippen LogP contribution >= 0.6 is 11.3 Å². The molecule has 3 nitrogen and oxygen atoms in total. The van der Waals surface area contributed by atoms with Crippen LogP contribution in [-0.2, 0) is 16.0 Å². The van der Waals surface area contributed by atoms with E-state index in [1.807, 2.05) is 18.4 Å². The van der Waals surface area contributed by atoms with Crippen molar-refractivity contribution in [1.82, 2.24) is 0 Å². The number of hydrogen-bond acceptors (Lipinski definition) is 4. The molecule has 1 rings (SSSR count). The Kier molecular flexibility index (Phi) is 4.10. The maximum atomic E-state index is 11.2. The molecule has 0 bridgehead atoms. The number of rotatable bonds is 4. The van der Waals surface area contributed by atoms with Gasteiger partial charge in [0, 0.05) is 11.3 Å². The molecule has 0 aliphatic heterocycles. The van der Waals surface area contributed by atoms with Gasteiger partial charge in [-0.3, -0.25) is 4.79 Å². The summed E-state index contributed by atoms with van der Waals surface area (Å²) in [6.07, 6.45) is 0.567. The van der Waals surface area contributed by atoms with Crippen LogP contribution in [0.1, 0.15) is 17.4 Å². The normalized spacial score (nSPS) is 12.5. The topological polar surface area (TPSA) is 52.3 Å². The van der Waals surface area contributed by atoms with Gasteiger partial charge in [-0.2, -0.15) is 0 Å². The fraction of sp³-hybridized carbons (Fsp3) is 0.500. The summed E-state index contributed by atoms with van der Waals surface area (Å²) >= 11 is 1.63. The zero-order chi connectivity index (χ0) is 10.6. The Morgan fingerprint density at radius 2 is 2.43 bits per heavy atom. The molecule has 1 aromatic heterocycles. The summed E-state index contributed by atoms with van der Waals surface area (Å²) in [7, 11) is 0. The number of carbonyl (C=O) groups excluding carboxylic acids is 1. The first-order chi connectivity index (χ1) is 6.63. The zero-order valence-electron chi connectivity index (χ0n) is 8.45. The first-order valence-corrected chi connectivity index (χ1v) is 5.47. The van der Waals surface area contributed by atoms with Gasteiger partial charge >= 0.3 is 5.97 Å². The minimum absolute atomic E-state index is 0.321. The van der Waals surface area contributed by atoms with Crippen molar-refractivity contribution < 1.29 is 9.53 Å². The predicted octanol–water partition coefficient (Wildman–Crippen LogP) is 1.49. The highest BCUT2D eigenvalue weighted by atomic mass is 32.1. The van der Waals surface area contributed by atoms with Crippen molar-refractivity contribution in [3.8, 4) is 0 Å². The van der Waals surface area contributed by atoms with E-state index in [4.69, 9.17) is 10.5 Å². The van der Waals surface area contributed by atoms with Crippen LogP contribution in [0.25, 0.3) is 0 Å². The molecule has 0 radical (unpaired) electrons. The molecule has 4 heteroatoms. The van der Waals surface area contributed by atoms with E-state index in [-0.39, 0.29) is 5.97 Å². The molecule has 0 saturated heterocycles. The van der Waals surface area contributed by atoms with Crippen LogP contribution < -0.4 is 5.73 Å². The molecule has 0 fully saturated rings. The Balaban J connectivity index is 2.48. The number of thiophene rings is 1. The van der Waals surface area contributed by atoms with E-state index >= 15 is 0 Å². The standard InChI is InChI=1S/C10H15NO2S/c1-3-13-10(12)9(11)5-8-4-7(2)6-14-8/h4,6,9H,3,5,11H2,1-2H3/t9-/m0/s1. The molecular weight excluding hydrogens is 198 g/mol.